The maximum absolute atomic E-state index is 13.8. The second kappa shape index (κ2) is 15.6. The number of hydrogen-bond donors (Lipinski definition) is 4. The van der Waals surface area contributed by atoms with Crippen LogP contribution in [0.25, 0.3) is 10.4 Å². The first-order valence-corrected chi connectivity index (χ1v) is 16.0. The number of carbonyl (C=O) groups is 3. The van der Waals surface area contributed by atoms with Crippen molar-refractivity contribution in [3.8, 4) is 10.4 Å². The Bertz CT molecular complexity index is 1180. The molecule has 232 valence electrons. The van der Waals surface area contributed by atoms with E-state index in [9.17, 15) is 19.5 Å². The molecule has 4 atom stereocenters. The van der Waals surface area contributed by atoms with Gasteiger partial charge in [0.05, 0.1) is 28.2 Å². The van der Waals surface area contributed by atoms with Gasteiger partial charge in [0.15, 0.2) is 0 Å². The van der Waals surface area contributed by atoms with Crippen molar-refractivity contribution in [2.24, 2.45) is 5.41 Å². The third-order valence-electron chi connectivity index (χ3n) is 7.89. The van der Waals surface area contributed by atoms with Crippen molar-refractivity contribution in [3.05, 3.63) is 41.0 Å². The molecular weight excluding hydrogens is 550 g/mol. The molecule has 9 nitrogen and oxygen atoms in total. The fraction of sp³-hybridized carbons (Fsp3) is 0.625. The van der Waals surface area contributed by atoms with E-state index in [4.69, 9.17) is 0 Å². The Balaban J connectivity index is 1.61. The molecule has 1 fully saturated rings. The van der Waals surface area contributed by atoms with Crippen molar-refractivity contribution >= 4 is 29.1 Å². The van der Waals surface area contributed by atoms with E-state index in [0.29, 0.717) is 6.42 Å². The number of β-amino-alcohol motifs (C(OH)–C–C–N with tert-alkyl or cyclic N) is 1. The van der Waals surface area contributed by atoms with Crippen LogP contribution in [0.4, 0.5) is 0 Å². The summed E-state index contributed by atoms with van der Waals surface area (Å²) in [6.45, 7) is 10.6. The summed E-state index contributed by atoms with van der Waals surface area (Å²) in [5, 5.41) is 19.6. The Morgan fingerprint density at radius 2 is 1.74 bits per heavy atom. The predicted octanol–water partition coefficient (Wildman–Crippen LogP) is 4.35. The summed E-state index contributed by atoms with van der Waals surface area (Å²) >= 11 is 1.59. The number of aromatic nitrogens is 1. The van der Waals surface area contributed by atoms with E-state index in [0.717, 1.165) is 60.3 Å². The number of nitrogens with one attached hydrogen (secondary N) is 3. The molecule has 10 heteroatoms. The smallest absolute Gasteiger partial charge is 0.246 e. The molecular formula is C32H49N5O4S. The fourth-order valence-corrected chi connectivity index (χ4v) is 6.18. The zero-order valence-corrected chi connectivity index (χ0v) is 26.9. The third-order valence-corrected chi connectivity index (χ3v) is 8.87. The number of thiazole rings is 1. The first kappa shape index (κ1) is 33.7. The molecule has 42 heavy (non-hydrogen) atoms. The van der Waals surface area contributed by atoms with Crippen LogP contribution < -0.4 is 16.0 Å². The van der Waals surface area contributed by atoms with Crippen LogP contribution in [0.5, 0.6) is 0 Å². The molecule has 1 saturated heterocycles. The van der Waals surface area contributed by atoms with Gasteiger partial charge in [0.25, 0.3) is 0 Å². The Hall–Kier alpha value is -2.82. The van der Waals surface area contributed by atoms with Gasteiger partial charge in [-0.1, -0.05) is 64.3 Å². The lowest BCUT2D eigenvalue weighted by atomic mass is 9.85. The minimum atomic E-state index is -0.812. The number of aliphatic hydroxyl groups is 1. The number of unbranched alkanes of at least 4 members (excludes halogenated alkanes) is 4. The molecule has 2 aromatic rings. The lowest BCUT2D eigenvalue weighted by molar-refractivity contribution is -0.144. The molecule has 1 aliphatic rings. The van der Waals surface area contributed by atoms with Gasteiger partial charge >= 0.3 is 0 Å². The van der Waals surface area contributed by atoms with Crippen molar-refractivity contribution in [1.82, 2.24) is 25.8 Å². The highest BCUT2D eigenvalue weighted by atomic mass is 32.1. The molecule has 0 spiro atoms. The number of hydrogen-bond acceptors (Lipinski definition) is 7. The summed E-state index contributed by atoms with van der Waals surface area (Å²) in [5.74, 6) is -0.812. The van der Waals surface area contributed by atoms with E-state index in [-0.39, 0.29) is 36.7 Å². The summed E-state index contributed by atoms with van der Waals surface area (Å²) in [5.41, 5.74) is 4.26. The molecule has 3 amide bonds. The number of nitrogens with zero attached hydrogens (tertiary/aromatic N) is 2. The highest BCUT2D eigenvalue weighted by Crippen LogP contribution is 2.29. The highest BCUT2D eigenvalue weighted by Gasteiger charge is 2.44. The van der Waals surface area contributed by atoms with Crippen LogP contribution >= 0.6 is 11.3 Å². The van der Waals surface area contributed by atoms with Crippen molar-refractivity contribution in [2.75, 3.05) is 20.1 Å². The van der Waals surface area contributed by atoms with E-state index in [2.05, 4.69) is 20.9 Å². The first-order valence-electron chi connectivity index (χ1n) is 15.2. The molecule has 3 rings (SSSR count). The Labute approximate surface area is 254 Å². The summed E-state index contributed by atoms with van der Waals surface area (Å²) in [6, 6.07) is 6.11. The third kappa shape index (κ3) is 9.34. The van der Waals surface area contributed by atoms with Gasteiger partial charge in [-0.25, -0.2) is 4.98 Å². The summed E-state index contributed by atoms with van der Waals surface area (Å²) in [4.78, 5) is 47.0. The highest BCUT2D eigenvalue weighted by molar-refractivity contribution is 7.13. The van der Waals surface area contributed by atoms with Crippen molar-refractivity contribution in [3.63, 3.8) is 0 Å². The molecule has 1 aromatic heterocycles. The quantitative estimate of drug-likeness (QED) is 0.240. The van der Waals surface area contributed by atoms with Crippen LogP contribution in [0.3, 0.4) is 0 Å². The van der Waals surface area contributed by atoms with Gasteiger partial charge in [-0.3, -0.25) is 14.4 Å². The molecule has 0 radical (unpaired) electrons. The van der Waals surface area contributed by atoms with Crippen LogP contribution in [-0.2, 0) is 14.4 Å². The minimum absolute atomic E-state index is 0.0588. The van der Waals surface area contributed by atoms with E-state index in [1.54, 1.807) is 11.3 Å². The Morgan fingerprint density at radius 1 is 1.07 bits per heavy atom. The molecule has 1 aliphatic heterocycles. The van der Waals surface area contributed by atoms with E-state index >= 15 is 0 Å². The molecule has 0 bridgehead atoms. The van der Waals surface area contributed by atoms with Gasteiger partial charge < -0.3 is 26.0 Å². The normalized spacial score (nSPS) is 18.5. The van der Waals surface area contributed by atoms with Crippen LogP contribution in [0.1, 0.15) is 89.9 Å². The summed E-state index contributed by atoms with van der Waals surface area (Å²) in [6.07, 6.45) is 4.78. The molecule has 2 heterocycles. The lowest BCUT2D eigenvalue weighted by Crippen LogP contribution is -2.57. The number of rotatable bonds is 14. The van der Waals surface area contributed by atoms with Gasteiger partial charge in [-0.15, -0.1) is 11.3 Å². The summed E-state index contributed by atoms with van der Waals surface area (Å²) < 4.78 is 0. The maximum Gasteiger partial charge on any atom is 0.246 e. The van der Waals surface area contributed by atoms with Gasteiger partial charge in [-0.2, -0.15) is 0 Å². The van der Waals surface area contributed by atoms with Crippen LogP contribution in [0.2, 0.25) is 0 Å². The number of benzene rings is 1. The average molecular weight is 600 g/mol. The van der Waals surface area contributed by atoms with Crippen molar-refractivity contribution in [2.45, 2.75) is 104 Å². The van der Waals surface area contributed by atoms with Gasteiger partial charge in [0.1, 0.15) is 12.1 Å². The average Bonchev–Trinajstić information content (AvgIpc) is 3.55. The van der Waals surface area contributed by atoms with Crippen LogP contribution in [0, 0.1) is 12.3 Å². The number of amides is 3. The molecule has 0 aliphatic carbocycles. The zero-order valence-electron chi connectivity index (χ0n) is 26.0. The topological polar surface area (TPSA) is 124 Å². The molecule has 4 N–H and O–H groups in total. The van der Waals surface area contributed by atoms with Gasteiger partial charge in [-0.05, 0) is 56.8 Å². The van der Waals surface area contributed by atoms with E-state index in [1.807, 2.05) is 71.4 Å². The second-order valence-corrected chi connectivity index (χ2v) is 13.4. The zero-order chi connectivity index (χ0) is 30.9. The SMILES string of the molecule is CNCCCCCCCC(=O)NC(C(=O)N1CC(O)CC1C(=O)NC(C)c1ccc(-c2scnc2C)cc1)C(C)(C)C. The largest absolute Gasteiger partial charge is 0.391 e. The predicted molar refractivity (Wildman–Crippen MR) is 168 cm³/mol. The van der Waals surface area contributed by atoms with Crippen molar-refractivity contribution in [1.29, 1.82) is 0 Å². The first-order chi connectivity index (χ1) is 19.9. The molecule has 4 unspecified atom stereocenters. The monoisotopic (exact) mass is 599 g/mol. The van der Waals surface area contributed by atoms with Crippen LogP contribution in [0.15, 0.2) is 29.8 Å². The van der Waals surface area contributed by atoms with E-state index < -0.39 is 23.6 Å². The van der Waals surface area contributed by atoms with Crippen LogP contribution in [-0.4, -0.2) is 71.0 Å². The fourth-order valence-electron chi connectivity index (χ4n) is 5.37. The van der Waals surface area contributed by atoms with Gasteiger partial charge in [0.2, 0.25) is 17.7 Å². The molecule has 1 aromatic carbocycles. The van der Waals surface area contributed by atoms with Gasteiger partial charge in [0, 0.05) is 19.4 Å². The number of aryl methyl sites for hydroxylation is 1. The Morgan fingerprint density at radius 3 is 2.36 bits per heavy atom. The lowest BCUT2D eigenvalue weighted by Gasteiger charge is -2.35. The van der Waals surface area contributed by atoms with Crippen molar-refractivity contribution < 1.29 is 19.5 Å². The summed E-state index contributed by atoms with van der Waals surface area (Å²) in [7, 11) is 1.95. The van der Waals surface area contributed by atoms with E-state index in [1.165, 1.54) is 4.90 Å². The molecule has 0 saturated carbocycles. The number of aliphatic hydroxyl groups excluding tert-OH is 1. The Kier molecular flexibility index (Phi) is 12.5. The maximum atomic E-state index is 13.8. The number of likely N-dealkylation sites (tertiary alicyclic amines) is 1. The minimum Gasteiger partial charge on any atom is -0.391 e. The number of carbonyl (C=O) groups excluding carboxylic acids is 3. The standard InChI is InChI=1S/C32H49N5O4S/c1-21(23-13-15-24(16-14-23)28-22(2)34-20-42-28)35-30(40)26-18-25(38)19-37(26)31(41)29(32(3,4)5)36-27(39)12-10-8-7-9-11-17-33-6/h13-16,20-21,25-26,29,33,38H,7-12,17-19H2,1-6H3,(H,35,40)(H,36,39). The second-order valence-electron chi connectivity index (χ2n) is 12.5.